The van der Waals surface area contributed by atoms with Crippen LogP contribution >= 0.6 is 0 Å². The van der Waals surface area contributed by atoms with Crippen molar-refractivity contribution in [1.29, 1.82) is 0 Å². The van der Waals surface area contributed by atoms with Crippen LogP contribution in [0.15, 0.2) is 10.6 Å². The third-order valence-electron chi connectivity index (χ3n) is 4.96. The Morgan fingerprint density at radius 1 is 1.50 bits per heavy atom. The summed E-state index contributed by atoms with van der Waals surface area (Å²) in [7, 11) is 0. The summed E-state index contributed by atoms with van der Waals surface area (Å²) in [6.07, 6.45) is 2.89. The number of likely N-dealkylation sites (tertiary alicyclic amines) is 1. The first-order valence-corrected chi connectivity index (χ1v) is 7.58. The first kappa shape index (κ1) is 14.0. The number of ether oxygens (including phenoxy) is 1. The van der Waals surface area contributed by atoms with Crippen LogP contribution in [0.5, 0.6) is 0 Å². The van der Waals surface area contributed by atoms with Gasteiger partial charge in [-0.1, -0.05) is 5.16 Å². The summed E-state index contributed by atoms with van der Waals surface area (Å²) in [5.74, 6) is 0.860. The molecule has 0 amide bonds. The highest BCUT2D eigenvalue weighted by atomic mass is 16.5. The van der Waals surface area contributed by atoms with Gasteiger partial charge in [0.05, 0.1) is 17.9 Å². The van der Waals surface area contributed by atoms with E-state index in [1.807, 2.05) is 19.9 Å². The molecule has 2 aliphatic rings. The molecule has 1 aromatic heterocycles. The van der Waals surface area contributed by atoms with Crippen LogP contribution < -0.4 is 0 Å². The van der Waals surface area contributed by atoms with Crippen molar-refractivity contribution in [2.45, 2.75) is 51.9 Å². The number of aromatic nitrogens is 1. The molecule has 2 fully saturated rings. The summed E-state index contributed by atoms with van der Waals surface area (Å²) in [5.41, 5.74) is 1.00. The van der Waals surface area contributed by atoms with Gasteiger partial charge in [-0.25, -0.2) is 0 Å². The van der Waals surface area contributed by atoms with E-state index < -0.39 is 0 Å². The number of hydrogen-bond acceptors (Lipinski definition) is 5. The summed E-state index contributed by atoms with van der Waals surface area (Å²) in [6.45, 7) is 7.50. The molecule has 1 spiro atoms. The highest BCUT2D eigenvalue weighted by Crippen LogP contribution is 2.51. The lowest BCUT2D eigenvalue weighted by Crippen LogP contribution is -2.62. The fraction of sp³-hybridized carbons (Fsp3) is 0.800. The zero-order chi connectivity index (χ0) is 14.2. The van der Waals surface area contributed by atoms with E-state index in [0.717, 1.165) is 57.0 Å². The third-order valence-corrected chi connectivity index (χ3v) is 4.96. The maximum absolute atomic E-state index is 10.2. The monoisotopic (exact) mass is 280 g/mol. The molecule has 20 heavy (non-hydrogen) atoms. The van der Waals surface area contributed by atoms with Crippen LogP contribution in [-0.4, -0.2) is 47.1 Å². The Balaban J connectivity index is 1.56. The van der Waals surface area contributed by atoms with Crippen molar-refractivity contribution < 1.29 is 14.4 Å². The van der Waals surface area contributed by atoms with Crippen molar-refractivity contribution in [3.8, 4) is 0 Å². The molecular formula is C15H24N2O3. The third kappa shape index (κ3) is 2.38. The molecule has 2 unspecified atom stereocenters. The Morgan fingerprint density at radius 2 is 2.25 bits per heavy atom. The SMILES string of the molecule is CCOC1CC(O)C12CCN(Cc1cc(C)on1)CC2. The van der Waals surface area contributed by atoms with Crippen LogP contribution in [0.2, 0.25) is 0 Å². The molecule has 1 aromatic rings. The molecule has 1 N–H and O–H groups in total. The van der Waals surface area contributed by atoms with Crippen molar-refractivity contribution in [2.75, 3.05) is 19.7 Å². The van der Waals surface area contributed by atoms with Crippen LogP contribution in [0.25, 0.3) is 0 Å². The zero-order valence-corrected chi connectivity index (χ0v) is 12.3. The Hall–Kier alpha value is -0.910. The number of rotatable bonds is 4. The van der Waals surface area contributed by atoms with Crippen LogP contribution in [0.4, 0.5) is 0 Å². The normalized spacial score (nSPS) is 29.6. The second-order valence-electron chi connectivity index (χ2n) is 6.13. The molecule has 2 heterocycles. The van der Waals surface area contributed by atoms with Gasteiger partial charge in [0.1, 0.15) is 5.76 Å². The van der Waals surface area contributed by atoms with Gasteiger partial charge in [-0.2, -0.15) is 0 Å². The zero-order valence-electron chi connectivity index (χ0n) is 12.3. The van der Waals surface area contributed by atoms with E-state index in [2.05, 4.69) is 10.1 Å². The molecule has 112 valence electrons. The van der Waals surface area contributed by atoms with Gasteiger partial charge in [0.2, 0.25) is 0 Å². The second-order valence-corrected chi connectivity index (χ2v) is 6.13. The predicted octanol–water partition coefficient (Wildman–Crippen LogP) is 1.73. The van der Waals surface area contributed by atoms with Crippen molar-refractivity contribution >= 4 is 0 Å². The number of nitrogens with zero attached hydrogens (tertiary/aromatic N) is 2. The van der Waals surface area contributed by atoms with Gasteiger partial charge in [-0.3, -0.25) is 4.90 Å². The lowest BCUT2D eigenvalue weighted by molar-refractivity contribution is -0.210. The molecule has 0 aromatic carbocycles. The number of aliphatic hydroxyl groups is 1. The first-order chi connectivity index (χ1) is 9.64. The van der Waals surface area contributed by atoms with Crippen molar-refractivity contribution in [1.82, 2.24) is 10.1 Å². The number of hydrogen-bond donors (Lipinski definition) is 1. The van der Waals surface area contributed by atoms with Crippen LogP contribution in [0.3, 0.4) is 0 Å². The van der Waals surface area contributed by atoms with E-state index in [1.54, 1.807) is 0 Å². The Kier molecular flexibility index (Phi) is 3.84. The summed E-state index contributed by atoms with van der Waals surface area (Å²) >= 11 is 0. The van der Waals surface area contributed by atoms with E-state index >= 15 is 0 Å². The molecule has 5 nitrogen and oxygen atoms in total. The van der Waals surface area contributed by atoms with Gasteiger partial charge in [0.15, 0.2) is 0 Å². The van der Waals surface area contributed by atoms with E-state index in [9.17, 15) is 5.11 Å². The molecule has 5 heteroatoms. The molecule has 3 rings (SSSR count). The predicted molar refractivity (Wildman–Crippen MR) is 74.2 cm³/mol. The Morgan fingerprint density at radius 3 is 2.80 bits per heavy atom. The Bertz CT molecular complexity index is 450. The van der Waals surface area contributed by atoms with Gasteiger partial charge >= 0.3 is 0 Å². The van der Waals surface area contributed by atoms with Crippen LogP contribution in [0, 0.1) is 12.3 Å². The average molecular weight is 280 g/mol. The van der Waals surface area contributed by atoms with Gasteiger partial charge in [-0.15, -0.1) is 0 Å². The number of piperidine rings is 1. The van der Waals surface area contributed by atoms with Crippen LogP contribution in [-0.2, 0) is 11.3 Å². The van der Waals surface area contributed by atoms with Crippen molar-refractivity contribution in [2.24, 2.45) is 5.41 Å². The summed E-state index contributed by atoms with van der Waals surface area (Å²) in [4.78, 5) is 2.39. The molecule has 0 bridgehead atoms. The fourth-order valence-electron chi connectivity index (χ4n) is 3.67. The molecule has 2 atom stereocenters. The van der Waals surface area contributed by atoms with Gasteiger partial charge in [0.25, 0.3) is 0 Å². The standard InChI is InChI=1S/C15H24N2O3/c1-3-19-14-9-13(18)15(14)4-6-17(7-5-15)10-12-8-11(2)20-16-12/h8,13-14,18H,3-7,9-10H2,1-2H3. The molecular weight excluding hydrogens is 256 g/mol. The minimum atomic E-state index is -0.185. The minimum Gasteiger partial charge on any atom is -0.392 e. The number of aliphatic hydroxyl groups excluding tert-OH is 1. The smallest absolute Gasteiger partial charge is 0.133 e. The number of aryl methyl sites for hydroxylation is 1. The largest absolute Gasteiger partial charge is 0.392 e. The van der Waals surface area contributed by atoms with Crippen molar-refractivity contribution in [3.05, 3.63) is 17.5 Å². The van der Waals surface area contributed by atoms with E-state index in [4.69, 9.17) is 9.26 Å². The lowest BCUT2D eigenvalue weighted by Gasteiger charge is -2.56. The highest BCUT2D eigenvalue weighted by molar-refractivity contribution is 5.08. The van der Waals surface area contributed by atoms with Crippen LogP contribution in [0.1, 0.15) is 37.6 Å². The summed E-state index contributed by atoms with van der Waals surface area (Å²) < 4.78 is 10.9. The Labute approximate surface area is 119 Å². The molecule has 0 radical (unpaired) electrons. The fourth-order valence-corrected chi connectivity index (χ4v) is 3.67. The maximum Gasteiger partial charge on any atom is 0.133 e. The van der Waals surface area contributed by atoms with E-state index in [1.165, 1.54) is 0 Å². The molecule has 1 saturated heterocycles. The molecule has 1 aliphatic carbocycles. The van der Waals surface area contributed by atoms with Gasteiger partial charge in [0, 0.05) is 31.1 Å². The first-order valence-electron chi connectivity index (χ1n) is 7.58. The summed E-state index contributed by atoms with van der Waals surface area (Å²) in [5, 5.41) is 14.2. The topological polar surface area (TPSA) is 58.7 Å². The molecule has 1 saturated carbocycles. The van der Waals surface area contributed by atoms with Gasteiger partial charge in [-0.05, 0) is 39.8 Å². The maximum atomic E-state index is 10.2. The highest BCUT2D eigenvalue weighted by Gasteiger charge is 2.55. The quantitative estimate of drug-likeness (QED) is 0.910. The van der Waals surface area contributed by atoms with Gasteiger partial charge < -0.3 is 14.4 Å². The summed E-state index contributed by atoms with van der Waals surface area (Å²) in [6, 6.07) is 1.99. The minimum absolute atomic E-state index is 0.00620. The van der Waals surface area contributed by atoms with E-state index in [0.29, 0.717) is 0 Å². The second kappa shape index (κ2) is 5.47. The van der Waals surface area contributed by atoms with E-state index in [-0.39, 0.29) is 17.6 Å². The lowest BCUT2D eigenvalue weighted by atomic mass is 9.58. The van der Waals surface area contributed by atoms with Crippen molar-refractivity contribution in [3.63, 3.8) is 0 Å². The molecule has 1 aliphatic heterocycles. The average Bonchev–Trinajstić information content (AvgIpc) is 2.85.